The third kappa shape index (κ3) is 5.40. The van der Waals surface area contributed by atoms with Gasteiger partial charge < -0.3 is 20.1 Å². The molecule has 2 fully saturated rings. The van der Waals surface area contributed by atoms with Gasteiger partial charge in [-0.1, -0.05) is 43.0 Å². The lowest BCUT2D eigenvalue weighted by molar-refractivity contribution is -0.116. The van der Waals surface area contributed by atoms with Crippen molar-refractivity contribution in [3.8, 4) is 0 Å². The molecule has 3 aromatic rings. The van der Waals surface area contributed by atoms with Crippen LogP contribution in [0.5, 0.6) is 0 Å². The highest BCUT2D eigenvalue weighted by Crippen LogP contribution is 2.39. The maximum absolute atomic E-state index is 12.7. The van der Waals surface area contributed by atoms with Crippen molar-refractivity contribution >= 4 is 28.9 Å². The minimum absolute atomic E-state index is 0.0172. The van der Waals surface area contributed by atoms with Gasteiger partial charge in [-0.15, -0.1) is 0 Å². The zero-order valence-electron chi connectivity index (χ0n) is 20.2. The lowest BCUT2D eigenvalue weighted by Gasteiger charge is -2.27. The summed E-state index contributed by atoms with van der Waals surface area (Å²) in [4.78, 5) is 19.5. The Morgan fingerprint density at radius 2 is 1.91 bits per heavy atom. The minimum atomic E-state index is -0.0638. The number of carbonyl (C=O) groups excluding carboxylic acids is 1. The van der Waals surface area contributed by atoms with Crippen molar-refractivity contribution in [2.45, 2.75) is 63.6 Å². The molecule has 0 spiro atoms. The van der Waals surface area contributed by atoms with Crippen LogP contribution >= 0.6 is 12.2 Å². The van der Waals surface area contributed by atoms with E-state index < -0.39 is 0 Å². The van der Waals surface area contributed by atoms with Crippen molar-refractivity contribution < 1.29 is 4.79 Å². The van der Waals surface area contributed by atoms with Gasteiger partial charge in [0.25, 0.3) is 0 Å². The zero-order chi connectivity index (χ0) is 24.2. The first kappa shape index (κ1) is 23.5. The van der Waals surface area contributed by atoms with E-state index >= 15 is 0 Å². The smallest absolute Gasteiger partial charge is 0.226 e. The molecule has 3 heterocycles. The van der Waals surface area contributed by atoms with Crippen LogP contribution in [0.1, 0.15) is 73.5 Å². The van der Waals surface area contributed by atoms with E-state index in [0.29, 0.717) is 24.1 Å². The van der Waals surface area contributed by atoms with Crippen molar-refractivity contribution in [2.75, 3.05) is 11.9 Å². The second-order valence-corrected chi connectivity index (χ2v) is 10.1. The summed E-state index contributed by atoms with van der Waals surface area (Å²) in [6.45, 7) is 2.57. The number of aromatic nitrogens is 2. The molecular formula is C28H33N5OS. The summed E-state index contributed by atoms with van der Waals surface area (Å²) in [6, 6.07) is 16.5. The van der Waals surface area contributed by atoms with Crippen LogP contribution in [0, 0.1) is 6.92 Å². The third-order valence-electron chi connectivity index (χ3n) is 7.19. The predicted octanol–water partition coefficient (Wildman–Crippen LogP) is 5.70. The van der Waals surface area contributed by atoms with Crippen LogP contribution in [-0.2, 0) is 4.79 Å². The Kier molecular flexibility index (Phi) is 7.13. The first-order valence-electron chi connectivity index (χ1n) is 12.6. The van der Waals surface area contributed by atoms with E-state index in [0.717, 1.165) is 11.4 Å². The van der Waals surface area contributed by atoms with Crippen molar-refractivity contribution in [3.63, 3.8) is 0 Å². The van der Waals surface area contributed by atoms with Gasteiger partial charge in [0.2, 0.25) is 5.91 Å². The van der Waals surface area contributed by atoms with Gasteiger partial charge >= 0.3 is 0 Å². The molecule has 1 amide bonds. The highest BCUT2D eigenvalue weighted by atomic mass is 32.1. The number of thiocarbonyl (C=S) groups is 1. The molecule has 0 radical (unpaired) electrons. The first-order valence-corrected chi connectivity index (χ1v) is 13.0. The summed E-state index contributed by atoms with van der Waals surface area (Å²) in [5.41, 5.74) is 4.14. The Morgan fingerprint density at radius 3 is 2.66 bits per heavy atom. The fourth-order valence-electron chi connectivity index (χ4n) is 5.30. The molecule has 5 rings (SSSR count). The van der Waals surface area contributed by atoms with Gasteiger partial charge in [0.05, 0.1) is 17.8 Å². The van der Waals surface area contributed by atoms with Crippen molar-refractivity contribution in [1.29, 1.82) is 0 Å². The average molecular weight is 488 g/mol. The van der Waals surface area contributed by atoms with Crippen molar-refractivity contribution in [1.82, 2.24) is 19.8 Å². The van der Waals surface area contributed by atoms with E-state index in [-0.39, 0.29) is 18.0 Å². The van der Waals surface area contributed by atoms with Gasteiger partial charge in [-0.05, 0) is 67.9 Å². The summed E-state index contributed by atoms with van der Waals surface area (Å²) in [5.74, 6) is -0.0172. The minimum Gasteiger partial charge on any atom is -0.352 e. The van der Waals surface area contributed by atoms with E-state index in [4.69, 9.17) is 12.2 Å². The molecule has 1 aromatic carbocycles. The number of carbonyl (C=O) groups is 1. The molecule has 0 bridgehead atoms. The number of anilines is 1. The van der Waals surface area contributed by atoms with Crippen LogP contribution in [0.2, 0.25) is 0 Å². The van der Waals surface area contributed by atoms with Crippen LogP contribution in [-0.4, -0.2) is 32.0 Å². The maximum Gasteiger partial charge on any atom is 0.226 e. The molecule has 35 heavy (non-hydrogen) atoms. The quantitative estimate of drug-likeness (QED) is 0.419. The van der Waals surface area contributed by atoms with Crippen LogP contribution < -0.4 is 10.6 Å². The van der Waals surface area contributed by atoms with Crippen LogP contribution in [0.25, 0.3) is 0 Å². The van der Waals surface area contributed by atoms with E-state index in [1.807, 2.05) is 55.6 Å². The van der Waals surface area contributed by atoms with Gasteiger partial charge in [0, 0.05) is 43.3 Å². The maximum atomic E-state index is 12.7. The molecule has 2 N–H and O–H groups in total. The number of nitrogens with one attached hydrogen (secondary N) is 2. The number of amides is 1. The van der Waals surface area contributed by atoms with Gasteiger partial charge in [0.15, 0.2) is 5.11 Å². The van der Waals surface area contributed by atoms with Gasteiger partial charge in [-0.2, -0.15) is 0 Å². The van der Waals surface area contributed by atoms with Crippen molar-refractivity contribution in [2.24, 2.45) is 0 Å². The number of hydrogen-bond donors (Lipinski definition) is 2. The number of aryl methyl sites for hydroxylation is 1. The molecular weight excluding hydrogens is 454 g/mol. The van der Waals surface area contributed by atoms with Crippen LogP contribution in [0.3, 0.4) is 0 Å². The summed E-state index contributed by atoms with van der Waals surface area (Å²) >= 11 is 5.77. The second-order valence-electron chi connectivity index (χ2n) is 9.67. The highest BCUT2D eigenvalue weighted by Gasteiger charge is 2.40. The third-order valence-corrected chi connectivity index (χ3v) is 7.54. The number of rotatable bonds is 7. The zero-order valence-corrected chi connectivity index (χ0v) is 21.0. The number of hydrogen-bond acceptors (Lipinski definition) is 3. The monoisotopic (exact) mass is 487 g/mol. The topological polar surface area (TPSA) is 62.2 Å². The van der Waals surface area contributed by atoms with Crippen molar-refractivity contribution in [3.05, 3.63) is 83.9 Å². The molecule has 182 valence electrons. The molecule has 2 aliphatic rings. The molecule has 0 unspecified atom stereocenters. The molecule has 2 atom stereocenters. The number of nitrogens with zero attached hydrogens (tertiary/aromatic N) is 3. The predicted molar refractivity (Wildman–Crippen MR) is 143 cm³/mol. The van der Waals surface area contributed by atoms with E-state index in [1.165, 1.54) is 43.2 Å². The van der Waals surface area contributed by atoms with E-state index in [1.54, 1.807) is 0 Å². The molecule has 1 saturated carbocycles. The summed E-state index contributed by atoms with van der Waals surface area (Å²) in [7, 11) is 0. The highest BCUT2D eigenvalue weighted by molar-refractivity contribution is 7.80. The first-order chi connectivity index (χ1) is 17.1. The summed E-state index contributed by atoms with van der Waals surface area (Å²) in [5, 5.41) is 7.16. The Balaban J connectivity index is 1.35. The fourth-order valence-corrected chi connectivity index (χ4v) is 5.64. The Bertz CT molecular complexity index is 1150. The number of benzene rings is 1. The molecule has 7 heteroatoms. The molecule has 1 aliphatic heterocycles. The van der Waals surface area contributed by atoms with Gasteiger partial charge in [0.1, 0.15) is 0 Å². The fraction of sp³-hybridized carbons (Fsp3) is 0.393. The van der Waals surface area contributed by atoms with Gasteiger partial charge in [-0.3, -0.25) is 9.78 Å². The average Bonchev–Trinajstić information content (AvgIpc) is 3.50. The largest absolute Gasteiger partial charge is 0.352 e. The van der Waals surface area contributed by atoms with Crippen LogP contribution in [0.4, 0.5) is 5.69 Å². The van der Waals surface area contributed by atoms with E-state index in [2.05, 4.69) is 43.5 Å². The molecule has 2 aromatic heterocycles. The second kappa shape index (κ2) is 10.6. The standard InChI is InChI=1S/C28H33N5OS/c1-20-10-12-22(13-11-20)30-25(34)15-18-33-27(26(31-28(33)35)24-9-5-6-16-29-24)21-14-17-32(19-21)23-7-3-2-4-8-23/h5-6,9-14,16-17,19,23,26-27H,2-4,7-8,15,18H2,1H3,(H,30,34)(H,31,35)/t26-,27+/m0/s1. The Labute approximate surface area is 212 Å². The Hall–Kier alpha value is -3.19. The van der Waals surface area contributed by atoms with Gasteiger partial charge in [-0.25, -0.2) is 0 Å². The SMILES string of the molecule is Cc1ccc(NC(=O)CCN2C(=S)N[C@@H](c3ccccn3)[C@H]2c2ccn(C3CCCCC3)c2)cc1. The normalized spacial score (nSPS) is 20.6. The van der Waals surface area contributed by atoms with Crippen LogP contribution in [0.15, 0.2) is 67.1 Å². The number of pyridine rings is 1. The molecule has 1 saturated heterocycles. The lowest BCUT2D eigenvalue weighted by atomic mass is 9.95. The Morgan fingerprint density at radius 1 is 1.11 bits per heavy atom. The molecule has 6 nitrogen and oxygen atoms in total. The summed E-state index contributed by atoms with van der Waals surface area (Å²) in [6.07, 6.45) is 13.1. The van der Waals surface area contributed by atoms with E-state index in [9.17, 15) is 4.79 Å². The lowest BCUT2D eigenvalue weighted by Crippen LogP contribution is -2.32. The molecule has 1 aliphatic carbocycles. The summed E-state index contributed by atoms with van der Waals surface area (Å²) < 4.78 is 2.38.